The average Bonchev–Trinajstić information content (AvgIpc) is 2.99. The molecule has 4 aromatic rings. The van der Waals surface area contributed by atoms with E-state index in [1.54, 1.807) is 12.1 Å². The first kappa shape index (κ1) is 19.2. The Bertz CT molecular complexity index is 1180. The number of hydrogen-bond donors (Lipinski definition) is 1. The van der Waals surface area contributed by atoms with Crippen molar-refractivity contribution in [1.29, 1.82) is 0 Å². The number of fused-ring (bicyclic) bond motifs is 1. The van der Waals surface area contributed by atoms with Crippen LogP contribution in [0.5, 0.6) is 0 Å². The Morgan fingerprint density at radius 1 is 1.07 bits per heavy atom. The van der Waals surface area contributed by atoms with Crippen molar-refractivity contribution in [1.82, 2.24) is 20.1 Å². The van der Waals surface area contributed by atoms with Crippen molar-refractivity contribution in [2.24, 2.45) is 0 Å². The lowest BCUT2D eigenvalue weighted by atomic mass is 10.1. The van der Waals surface area contributed by atoms with Gasteiger partial charge in [-0.2, -0.15) is 5.10 Å². The molecule has 2 heterocycles. The molecule has 6 heteroatoms. The number of carbonyl (C=O) groups is 1. The summed E-state index contributed by atoms with van der Waals surface area (Å²) in [6.45, 7) is 5.15. The van der Waals surface area contributed by atoms with Gasteiger partial charge in [-0.25, -0.2) is 4.98 Å². The van der Waals surface area contributed by atoms with Gasteiger partial charge in [-0.1, -0.05) is 41.9 Å². The minimum absolute atomic E-state index is 0.128. The topological polar surface area (TPSA) is 59.8 Å². The molecule has 0 aliphatic rings. The number of hydrogen-bond acceptors (Lipinski definition) is 3. The zero-order valence-electron chi connectivity index (χ0n) is 16.3. The van der Waals surface area contributed by atoms with Gasteiger partial charge >= 0.3 is 0 Å². The van der Waals surface area contributed by atoms with Gasteiger partial charge in [-0.05, 0) is 49.7 Å². The van der Waals surface area contributed by atoms with E-state index in [-0.39, 0.29) is 5.91 Å². The predicted octanol–water partition coefficient (Wildman–Crippen LogP) is 4.68. The Morgan fingerprint density at radius 2 is 1.86 bits per heavy atom. The molecule has 0 atom stereocenters. The highest BCUT2D eigenvalue weighted by molar-refractivity contribution is 6.29. The molecule has 0 bridgehead atoms. The summed E-state index contributed by atoms with van der Waals surface area (Å²) < 4.78 is 1.98. The standard InChI is InChI=1S/C23H21ClN4O/c1-15-20(16(2)28(27-15)14-17-6-4-3-5-7-17)13-25-23(29)19-8-10-21-18(12-19)9-11-22(24)26-21/h3-12H,13-14H2,1-2H3,(H,25,29). The number of nitrogens with zero attached hydrogens (tertiary/aromatic N) is 3. The summed E-state index contributed by atoms with van der Waals surface area (Å²) >= 11 is 5.92. The molecule has 4 rings (SSSR count). The minimum atomic E-state index is -0.128. The van der Waals surface area contributed by atoms with E-state index >= 15 is 0 Å². The molecule has 0 fully saturated rings. The van der Waals surface area contributed by atoms with Crippen molar-refractivity contribution in [2.45, 2.75) is 26.9 Å². The molecular formula is C23H21ClN4O. The van der Waals surface area contributed by atoms with Crippen LogP contribution in [0.3, 0.4) is 0 Å². The van der Waals surface area contributed by atoms with Crippen molar-refractivity contribution >= 4 is 28.4 Å². The van der Waals surface area contributed by atoms with Crippen LogP contribution < -0.4 is 5.32 Å². The molecule has 0 radical (unpaired) electrons. The molecule has 146 valence electrons. The van der Waals surface area contributed by atoms with Gasteiger partial charge in [0.15, 0.2) is 0 Å². The van der Waals surface area contributed by atoms with Gasteiger partial charge in [0, 0.05) is 28.8 Å². The smallest absolute Gasteiger partial charge is 0.251 e. The first-order chi connectivity index (χ1) is 14.0. The SMILES string of the molecule is Cc1nn(Cc2ccccc2)c(C)c1CNC(=O)c1ccc2nc(Cl)ccc2c1. The number of aryl methyl sites for hydroxylation is 1. The second-order valence-corrected chi connectivity index (χ2v) is 7.40. The number of halogens is 1. The lowest BCUT2D eigenvalue weighted by Crippen LogP contribution is -2.23. The van der Waals surface area contributed by atoms with Crippen LogP contribution in [0.4, 0.5) is 0 Å². The minimum Gasteiger partial charge on any atom is -0.348 e. The number of aromatic nitrogens is 3. The highest BCUT2D eigenvalue weighted by Crippen LogP contribution is 2.18. The van der Waals surface area contributed by atoms with Gasteiger partial charge in [0.2, 0.25) is 0 Å². The van der Waals surface area contributed by atoms with Crippen LogP contribution in [0.1, 0.15) is 32.9 Å². The third-order valence-corrected chi connectivity index (χ3v) is 5.26. The Morgan fingerprint density at radius 3 is 2.66 bits per heavy atom. The fraction of sp³-hybridized carbons (Fsp3) is 0.174. The maximum absolute atomic E-state index is 12.7. The molecule has 0 aliphatic carbocycles. The van der Waals surface area contributed by atoms with Crippen LogP contribution in [0.2, 0.25) is 5.15 Å². The van der Waals surface area contributed by atoms with E-state index in [0.29, 0.717) is 23.8 Å². The van der Waals surface area contributed by atoms with E-state index in [1.807, 2.05) is 54.9 Å². The highest BCUT2D eigenvalue weighted by Gasteiger charge is 2.14. The molecule has 0 saturated heterocycles. The van der Waals surface area contributed by atoms with Gasteiger partial charge in [0.05, 0.1) is 17.8 Å². The van der Waals surface area contributed by atoms with Gasteiger partial charge in [-0.15, -0.1) is 0 Å². The third kappa shape index (κ3) is 4.15. The van der Waals surface area contributed by atoms with Crippen LogP contribution in [-0.4, -0.2) is 20.7 Å². The summed E-state index contributed by atoms with van der Waals surface area (Å²) in [5.41, 5.74) is 5.58. The number of rotatable bonds is 5. The Balaban J connectivity index is 1.48. The fourth-order valence-electron chi connectivity index (χ4n) is 3.41. The van der Waals surface area contributed by atoms with E-state index in [9.17, 15) is 4.79 Å². The summed E-state index contributed by atoms with van der Waals surface area (Å²) in [4.78, 5) is 16.9. The maximum Gasteiger partial charge on any atom is 0.251 e. The van der Waals surface area contributed by atoms with Crippen LogP contribution in [-0.2, 0) is 13.1 Å². The van der Waals surface area contributed by atoms with Gasteiger partial charge < -0.3 is 5.32 Å². The van der Waals surface area contributed by atoms with Crippen LogP contribution in [0.15, 0.2) is 60.7 Å². The normalized spacial score (nSPS) is 11.0. The lowest BCUT2D eigenvalue weighted by Gasteiger charge is -2.08. The number of benzene rings is 2. The predicted molar refractivity (Wildman–Crippen MR) is 115 cm³/mol. The molecule has 1 amide bonds. The zero-order valence-corrected chi connectivity index (χ0v) is 17.1. The van der Waals surface area contributed by atoms with Gasteiger partial charge in [0.25, 0.3) is 5.91 Å². The van der Waals surface area contributed by atoms with Crippen LogP contribution >= 0.6 is 11.6 Å². The van der Waals surface area contributed by atoms with Gasteiger partial charge in [0.1, 0.15) is 5.15 Å². The largest absolute Gasteiger partial charge is 0.348 e. The van der Waals surface area contributed by atoms with E-state index in [0.717, 1.165) is 27.9 Å². The van der Waals surface area contributed by atoms with Crippen molar-refractivity contribution in [3.63, 3.8) is 0 Å². The summed E-state index contributed by atoms with van der Waals surface area (Å²) in [6.07, 6.45) is 0. The van der Waals surface area contributed by atoms with Crippen LogP contribution in [0.25, 0.3) is 10.9 Å². The molecule has 5 nitrogen and oxygen atoms in total. The maximum atomic E-state index is 12.7. The molecule has 0 saturated carbocycles. The van der Waals surface area contributed by atoms with Crippen LogP contribution in [0, 0.1) is 13.8 Å². The highest BCUT2D eigenvalue weighted by atomic mass is 35.5. The van der Waals surface area contributed by atoms with Gasteiger partial charge in [-0.3, -0.25) is 9.48 Å². The second-order valence-electron chi connectivity index (χ2n) is 7.02. The summed E-state index contributed by atoms with van der Waals surface area (Å²) in [5.74, 6) is -0.128. The monoisotopic (exact) mass is 404 g/mol. The summed E-state index contributed by atoms with van der Waals surface area (Å²) in [5, 5.41) is 8.98. The number of nitrogens with one attached hydrogen (secondary N) is 1. The molecule has 0 aliphatic heterocycles. The summed E-state index contributed by atoms with van der Waals surface area (Å²) in [7, 11) is 0. The van der Waals surface area contributed by atoms with Crippen molar-refractivity contribution in [3.8, 4) is 0 Å². The Kier molecular flexibility index (Phi) is 5.32. The lowest BCUT2D eigenvalue weighted by molar-refractivity contribution is 0.0951. The molecule has 2 aromatic carbocycles. The fourth-order valence-corrected chi connectivity index (χ4v) is 3.57. The van der Waals surface area contributed by atoms with E-state index in [2.05, 4.69) is 27.5 Å². The Labute approximate surface area is 174 Å². The first-order valence-corrected chi connectivity index (χ1v) is 9.80. The van der Waals surface area contributed by atoms with Crippen molar-refractivity contribution in [2.75, 3.05) is 0 Å². The second kappa shape index (κ2) is 8.05. The Hall–Kier alpha value is -3.18. The average molecular weight is 405 g/mol. The number of pyridine rings is 1. The van der Waals surface area contributed by atoms with E-state index in [4.69, 9.17) is 11.6 Å². The first-order valence-electron chi connectivity index (χ1n) is 9.42. The molecule has 2 aromatic heterocycles. The van der Waals surface area contributed by atoms with Crippen molar-refractivity contribution in [3.05, 3.63) is 93.9 Å². The van der Waals surface area contributed by atoms with E-state index in [1.165, 1.54) is 5.56 Å². The molecule has 29 heavy (non-hydrogen) atoms. The summed E-state index contributed by atoms with van der Waals surface area (Å²) in [6, 6.07) is 19.2. The third-order valence-electron chi connectivity index (χ3n) is 5.05. The number of amides is 1. The molecule has 0 spiro atoms. The molecular weight excluding hydrogens is 384 g/mol. The zero-order chi connectivity index (χ0) is 20.4. The van der Waals surface area contributed by atoms with Crippen molar-refractivity contribution < 1.29 is 4.79 Å². The quantitative estimate of drug-likeness (QED) is 0.491. The number of carbonyl (C=O) groups excluding carboxylic acids is 1. The molecule has 0 unspecified atom stereocenters. The van der Waals surface area contributed by atoms with E-state index < -0.39 is 0 Å². The molecule has 1 N–H and O–H groups in total.